The summed E-state index contributed by atoms with van der Waals surface area (Å²) in [6.45, 7) is 0.315. The van der Waals surface area contributed by atoms with E-state index < -0.39 is 17.0 Å². The van der Waals surface area contributed by atoms with Crippen LogP contribution in [0.5, 0.6) is 11.5 Å². The number of ether oxygens (including phenoxy) is 2. The molecule has 2 rings (SSSR count). The molecule has 1 aromatic carbocycles. The maximum absolute atomic E-state index is 14.1. The van der Waals surface area contributed by atoms with E-state index in [2.05, 4.69) is 0 Å². The van der Waals surface area contributed by atoms with Crippen LogP contribution in [0.2, 0.25) is 0 Å². The molecule has 0 aromatic heterocycles. The van der Waals surface area contributed by atoms with Crippen molar-refractivity contribution in [3.8, 4) is 11.5 Å². The van der Waals surface area contributed by atoms with Gasteiger partial charge in [0.2, 0.25) is 0 Å². The summed E-state index contributed by atoms with van der Waals surface area (Å²) in [7, 11) is 2.71. The Kier molecular flexibility index (Phi) is 3.43. The Morgan fingerprint density at radius 2 is 1.78 bits per heavy atom. The second-order valence-corrected chi connectivity index (χ2v) is 4.62. The first-order valence-corrected chi connectivity index (χ1v) is 5.90. The Morgan fingerprint density at radius 1 is 1.17 bits per heavy atom. The highest BCUT2D eigenvalue weighted by molar-refractivity contribution is 5.52. The molecule has 18 heavy (non-hydrogen) atoms. The summed E-state index contributed by atoms with van der Waals surface area (Å²) in [4.78, 5) is 0. The number of methoxy groups -OCH3 is 2. The third kappa shape index (κ3) is 1.73. The van der Waals surface area contributed by atoms with Crippen LogP contribution >= 0.6 is 0 Å². The molecule has 1 aliphatic carbocycles. The van der Waals surface area contributed by atoms with Crippen LogP contribution in [0.3, 0.4) is 0 Å². The molecule has 2 N–H and O–H groups in total. The molecule has 1 aromatic rings. The largest absolute Gasteiger partial charge is 0.492 e. The summed E-state index contributed by atoms with van der Waals surface area (Å²) in [6, 6.07) is 0.840. The molecule has 5 heteroatoms. The van der Waals surface area contributed by atoms with Gasteiger partial charge in [0.15, 0.2) is 17.3 Å². The van der Waals surface area contributed by atoms with Crippen LogP contribution in [-0.2, 0) is 5.41 Å². The van der Waals surface area contributed by atoms with E-state index in [4.69, 9.17) is 15.2 Å². The smallest absolute Gasteiger partial charge is 0.197 e. The molecule has 0 unspecified atom stereocenters. The second-order valence-electron chi connectivity index (χ2n) is 4.62. The van der Waals surface area contributed by atoms with Gasteiger partial charge in [0.25, 0.3) is 0 Å². The summed E-state index contributed by atoms with van der Waals surface area (Å²) in [6.07, 6.45) is 2.55. The van der Waals surface area contributed by atoms with Gasteiger partial charge >= 0.3 is 0 Å². The van der Waals surface area contributed by atoms with E-state index in [0.717, 1.165) is 25.3 Å². The van der Waals surface area contributed by atoms with E-state index in [1.54, 1.807) is 0 Å². The molecule has 0 heterocycles. The Morgan fingerprint density at radius 3 is 2.17 bits per heavy atom. The average molecular weight is 257 g/mol. The Balaban J connectivity index is 2.65. The van der Waals surface area contributed by atoms with Crippen LogP contribution in [-0.4, -0.2) is 20.8 Å². The molecule has 1 aliphatic rings. The predicted octanol–water partition coefficient (Wildman–Crippen LogP) is 2.36. The van der Waals surface area contributed by atoms with Gasteiger partial charge < -0.3 is 15.2 Å². The van der Waals surface area contributed by atoms with Crippen LogP contribution in [0.25, 0.3) is 0 Å². The SMILES string of the molecule is COc1c(F)cc(F)c(C2(CN)CCC2)c1OC. The monoisotopic (exact) mass is 257 g/mol. The zero-order valence-corrected chi connectivity index (χ0v) is 10.6. The Hall–Kier alpha value is -1.36. The highest BCUT2D eigenvalue weighted by Crippen LogP contribution is 2.50. The predicted molar refractivity (Wildman–Crippen MR) is 64.0 cm³/mol. The zero-order valence-electron chi connectivity index (χ0n) is 10.6. The fourth-order valence-electron chi connectivity index (χ4n) is 2.62. The lowest BCUT2D eigenvalue weighted by molar-refractivity contribution is 0.229. The van der Waals surface area contributed by atoms with Gasteiger partial charge in [0, 0.05) is 23.6 Å². The number of rotatable bonds is 4. The standard InChI is InChI=1S/C13H17F2NO2/c1-17-11-9(15)6-8(14)10(12(11)18-2)13(7-16)4-3-5-13/h6H,3-5,7,16H2,1-2H3. The lowest BCUT2D eigenvalue weighted by Crippen LogP contribution is -2.42. The van der Waals surface area contributed by atoms with Gasteiger partial charge in [-0.2, -0.15) is 0 Å². The second kappa shape index (κ2) is 4.72. The van der Waals surface area contributed by atoms with Crippen molar-refractivity contribution in [3.05, 3.63) is 23.3 Å². The van der Waals surface area contributed by atoms with Gasteiger partial charge in [-0.15, -0.1) is 0 Å². The Labute approximate surface area is 105 Å². The van der Waals surface area contributed by atoms with Crippen molar-refractivity contribution in [2.24, 2.45) is 5.73 Å². The summed E-state index contributed by atoms with van der Waals surface area (Å²) in [5.74, 6) is -1.31. The van der Waals surface area contributed by atoms with Crippen LogP contribution in [0.1, 0.15) is 24.8 Å². The molecule has 1 fully saturated rings. The molecule has 0 amide bonds. The zero-order chi connectivity index (χ0) is 13.3. The van der Waals surface area contributed by atoms with Crippen molar-refractivity contribution >= 4 is 0 Å². The van der Waals surface area contributed by atoms with Crippen molar-refractivity contribution in [1.29, 1.82) is 0 Å². The lowest BCUT2D eigenvalue weighted by Gasteiger charge is -2.42. The van der Waals surface area contributed by atoms with Gasteiger partial charge in [-0.05, 0) is 12.8 Å². The third-order valence-corrected chi connectivity index (χ3v) is 3.78. The first-order valence-electron chi connectivity index (χ1n) is 5.90. The lowest BCUT2D eigenvalue weighted by atomic mass is 9.64. The number of hydrogen-bond acceptors (Lipinski definition) is 3. The first-order chi connectivity index (χ1) is 8.59. The van der Waals surface area contributed by atoms with Gasteiger partial charge in [-0.1, -0.05) is 6.42 Å². The maximum Gasteiger partial charge on any atom is 0.197 e. The normalized spacial score (nSPS) is 17.2. The van der Waals surface area contributed by atoms with E-state index in [-0.39, 0.29) is 11.5 Å². The van der Waals surface area contributed by atoms with Crippen LogP contribution in [0.15, 0.2) is 6.07 Å². The van der Waals surface area contributed by atoms with Crippen LogP contribution in [0, 0.1) is 11.6 Å². The van der Waals surface area contributed by atoms with Crippen molar-refractivity contribution in [3.63, 3.8) is 0 Å². The minimum Gasteiger partial charge on any atom is -0.492 e. The average Bonchev–Trinajstić information content (AvgIpc) is 2.30. The van der Waals surface area contributed by atoms with E-state index in [0.29, 0.717) is 12.1 Å². The topological polar surface area (TPSA) is 44.5 Å². The van der Waals surface area contributed by atoms with E-state index in [1.807, 2.05) is 0 Å². The van der Waals surface area contributed by atoms with E-state index >= 15 is 0 Å². The molecule has 0 atom stereocenters. The summed E-state index contributed by atoms with van der Waals surface area (Å²) >= 11 is 0. The highest BCUT2D eigenvalue weighted by atomic mass is 19.1. The number of benzene rings is 1. The van der Waals surface area contributed by atoms with Gasteiger partial charge in [0.1, 0.15) is 5.82 Å². The molecular weight excluding hydrogens is 240 g/mol. The number of halogens is 2. The van der Waals surface area contributed by atoms with E-state index in [1.165, 1.54) is 14.2 Å². The van der Waals surface area contributed by atoms with Crippen molar-refractivity contribution in [2.45, 2.75) is 24.7 Å². The minimum atomic E-state index is -0.762. The fourth-order valence-corrected chi connectivity index (χ4v) is 2.62. The maximum atomic E-state index is 14.1. The van der Waals surface area contributed by atoms with Crippen LogP contribution in [0.4, 0.5) is 8.78 Å². The number of nitrogens with two attached hydrogens (primary N) is 1. The fraction of sp³-hybridized carbons (Fsp3) is 0.538. The molecule has 1 saturated carbocycles. The van der Waals surface area contributed by atoms with Gasteiger partial charge in [-0.25, -0.2) is 8.78 Å². The number of hydrogen-bond donors (Lipinski definition) is 1. The molecule has 0 radical (unpaired) electrons. The van der Waals surface area contributed by atoms with Crippen LogP contribution < -0.4 is 15.2 Å². The third-order valence-electron chi connectivity index (χ3n) is 3.78. The molecule has 0 saturated heterocycles. The summed E-state index contributed by atoms with van der Waals surface area (Å²) in [5.41, 5.74) is 5.66. The van der Waals surface area contributed by atoms with Crippen molar-refractivity contribution < 1.29 is 18.3 Å². The molecular formula is C13H17F2NO2. The van der Waals surface area contributed by atoms with Crippen molar-refractivity contribution in [2.75, 3.05) is 20.8 Å². The van der Waals surface area contributed by atoms with Crippen molar-refractivity contribution in [1.82, 2.24) is 0 Å². The molecule has 0 bridgehead atoms. The molecule has 0 aliphatic heterocycles. The highest BCUT2D eigenvalue weighted by Gasteiger charge is 2.43. The summed E-state index contributed by atoms with van der Waals surface area (Å²) in [5, 5.41) is 0. The molecule has 3 nitrogen and oxygen atoms in total. The first kappa shape index (κ1) is 13.1. The Bertz CT molecular complexity index is 453. The van der Waals surface area contributed by atoms with Gasteiger partial charge in [-0.3, -0.25) is 0 Å². The van der Waals surface area contributed by atoms with Gasteiger partial charge in [0.05, 0.1) is 14.2 Å². The van der Waals surface area contributed by atoms with E-state index in [9.17, 15) is 8.78 Å². The molecule has 100 valence electrons. The quantitative estimate of drug-likeness (QED) is 0.900. The molecule has 0 spiro atoms. The minimum absolute atomic E-state index is 0.0615. The summed E-state index contributed by atoms with van der Waals surface area (Å²) < 4.78 is 37.8.